The van der Waals surface area contributed by atoms with Crippen LogP contribution in [-0.2, 0) is 4.79 Å². The average Bonchev–Trinajstić information content (AvgIpc) is 3.23. The number of furan rings is 1. The number of anilines is 2. The van der Waals surface area contributed by atoms with Crippen LogP contribution >= 0.6 is 11.8 Å². The zero-order valence-corrected chi connectivity index (χ0v) is 15.0. The molecule has 0 aliphatic heterocycles. The van der Waals surface area contributed by atoms with Gasteiger partial charge in [0.05, 0.1) is 16.9 Å². The summed E-state index contributed by atoms with van der Waals surface area (Å²) in [6.07, 6.45) is 1.38. The number of carbonyl (C=O) groups is 2. The molecule has 142 valence electrons. The van der Waals surface area contributed by atoms with Gasteiger partial charge in [-0.25, -0.2) is 0 Å². The van der Waals surface area contributed by atoms with Gasteiger partial charge in [-0.15, -0.1) is 10.2 Å². The molecule has 0 unspecified atom stereocenters. The Balaban J connectivity index is 1.53. The molecule has 0 spiro atoms. The highest BCUT2D eigenvalue weighted by Gasteiger charge is 2.15. The number of nitro benzene ring substituents is 1. The molecular weight excluding hydrogens is 386 g/mol. The Labute approximate surface area is 162 Å². The molecule has 1 aromatic carbocycles. The molecule has 2 heterocycles. The lowest BCUT2D eigenvalue weighted by molar-refractivity contribution is -0.383. The molecular formula is C17H13N5O5S. The van der Waals surface area contributed by atoms with Crippen LogP contribution in [0.3, 0.4) is 0 Å². The van der Waals surface area contributed by atoms with Gasteiger partial charge in [-0.3, -0.25) is 19.7 Å². The quantitative estimate of drug-likeness (QED) is 0.351. The summed E-state index contributed by atoms with van der Waals surface area (Å²) in [5.41, 5.74) is -0.0579. The second-order valence-electron chi connectivity index (χ2n) is 5.30. The van der Waals surface area contributed by atoms with E-state index in [-0.39, 0.29) is 28.7 Å². The third-order valence-corrected chi connectivity index (χ3v) is 4.27. The van der Waals surface area contributed by atoms with Crippen molar-refractivity contribution in [3.63, 3.8) is 0 Å². The predicted octanol–water partition coefficient (Wildman–Crippen LogP) is 2.96. The van der Waals surface area contributed by atoms with Crippen molar-refractivity contribution in [2.75, 3.05) is 16.4 Å². The molecule has 0 aliphatic rings. The van der Waals surface area contributed by atoms with Gasteiger partial charge < -0.3 is 15.1 Å². The number of nitro groups is 1. The molecule has 2 N–H and O–H groups in total. The van der Waals surface area contributed by atoms with Crippen LogP contribution in [0.2, 0.25) is 0 Å². The summed E-state index contributed by atoms with van der Waals surface area (Å²) < 4.78 is 4.98. The number of nitrogens with zero attached hydrogens (tertiary/aromatic N) is 3. The van der Waals surface area contributed by atoms with Gasteiger partial charge in [0.15, 0.2) is 11.6 Å². The highest BCUT2D eigenvalue weighted by atomic mass is 32.2. The van der Waals surface area contributed by atoms with E-state index in [0.29, 0.717) is 5.03 Å². The number of nitrogens with one attached hydrogen (secondary N) is 2. The number of aromatic nitrogens is 2. The monoisotopic (exact) mass is 399 g/mol. The van der Waals surface area contributed by atoms with E-state index < -0.39 is 16.7 Å². The molecule has 28 heavy (non-hydrogen) atoms. The van der Waals surface area contributed by atoms with Crippen LogP contribution in [0.25, 0.3) is 0 Å². The first-order chi connectivity index (χ1) is 13.5. The van der Waals surface area contributed by atoms with Gasteiger partial charge in [0.2, 0.25) is 5.91 Å². The van der Waals surface area contributed by atoms with Crippen molar-refractivity contribution in [1.29, 1.82) is 0 Å². The molecule has 0 saturated heterocycles. The minimum atomic E-state index is -0.566. The lowest BCUT2D eigenvalue weighted by Crippen LogP contribution is -2.15. The normalized spacial score (nSPS) is 10.3. The van der Waals surface area contributed by atoms with Crippen molar-refractivity contribution >= 4 is 40.8 Å². The summed E-state index contributed by atoms with van der Waals surface area (Å²) in [5.74, 6) is -0.513. The van der Waals surface area contributed by atoms with Gasteiger partial charge >= 0.3 is 0 Å². The van der Waals surface area contributed by atoms with Gasteiger partial charge in [0.1, 0.15) is 10.7 Å². The lowest BCUT2D eigenvalue weighted by Gasteiger charge is -2.06. The summed E-state index contributed by atoms with van der Waals surface area (Å²) in [5, 5.41) is 24.2. The van der Waals surface area contributed by atoms with E-state index in [1.807, 2.05) is 0 Å². The van der Waals surface area contributed by atoms with E-state index in [1.54, 1.807) is 18.2 Å². The fraction of sp³-hybridized carbons (Fsp3) is 0.0588. The topological polar surface area (TPSA) is 140 Å². The Hall–Kier alpha value is -3.73. The molecule has 0 aliphatic carbocycles. The lowest BCUT2D eigenvalue weighted by atomic mass is 10.2. The highest BCUT2D eigenvalue weighted by molar-refractivity contribution is 7.99. The first kappa shape index (κ1) is 19.0. The van der Waals surface area contributed by atoms with Crippen molar-refractivity contribution in [3.8, 4) is 0 Å². The Morgan fingerprint density at radius 1 is 1.07 bits per heavy atom. The third kappa shape index (κ3) is 4.92. The van der Waals surface area contributed by atoms with Crippen LogP contribution in [0.5, 0.6) is 0 Å². The number of amides is 2. The number of thioether (sulfide) groups is 1. The Morgan fingerprint density at radius 2 is 1.89 bits per heavy atom. The van der Waals surface area contributed by atoms with Crippen LogP contribution in [0.15, 0.2) is 64.2 Å². The fourth-order valence-corrected chi connectivity index (χ4v) is 2.73. The van der Waals surface area contributed by atoms with Crippen molar-refractivity contribution in [1.82, 2.24) is 10.2 Å². The van der Waals surface area contributed by atoms with Crippen LogP contribution in [0, 0.1) is 10.1 Å². The van der Waals surface area contributed by atoms with E-state index in [4.69, 9.17) is 4.42 Å². The molecule has 2 amide bonds. The molecule has 10 nitrogen and oxygen atoms in total. The maximum absolute atomic E-state index is 12.0. The number of para-hydroxylation sites is 2. The van der Waals surface area contributed by atoms with Gasteiger partial charge in [-0.1, -0.05) is 23.9 Å². The smallest absolute Gasteiger partial charge is 0.292 e. The first-order valence-corrected chi connectivity index (χ1v) is 8.86. The molecule has 2 aromatic heterocycles. The number of hydrogen-bond donors (Lipinski definition) is 2. The summed E-state index contributed by atoms with van der Waals surface area (Å²) >= 11 is 1.10. The van der Waals surface area contributed by atoms with Gasteiger partial charge in [-0.2, -0.15) is 0 Å². The summed E-state index contributed by atoms with van der Waals surface area (Å²) in [6.45, 7) is 0. The molecule has 0 saturated carbocycles. The Morgan fingerprint density at radius 3 is 2.57 bits per heavy atom. The van der Waals surface area contributed by atoms with E-state index in [1.165, 1.54) is 36.6 Å². The molecule has 3 aromatic rings. The van der Waals surface area contributed by atoms with Crippen molar-refractivity contribution in [2.24, 2.45) is 0 Å². The standard InChI is InChI=1S/C17H13N5O5S/c23-15(18-11-4-1-2-5-12(11)22(25)26)10-28-16-8-7-14(20-21-16)19-17(24)13-6-3-9-27-13/h1-9H,10H2,(H,18,23)(H,19,20,24). The van der Waals surface area contributed by atoms with Gasteiger partial charge in [0, 0.05) is 6.07 Å². The number of rotatable bonds is 7. The largest absolute Gasteiger partial charge is 0.459 e. The molecule has 3 rings (SSSR count). The first-order valence-electron chi connectivity index (χ1n) is 7.87. The summed E-state index contributed by atoms with van der Waals surface area (Å²) in [4.78, 5) is 34.3. The van der Waals surface area contributed by atoms with Gasteiger partial charge in [-0.05, 0) is 30.3 Å². The van der Waals surface area contributed by atoms with E-state index >= 15 is 0 Å². The molecule has 11 heteroatoms. The fourth-order valence-electron chi connectivity index (χ4n) is 2.11. The number of carbonyl (C=O) groups excluding carboxylic acids is 2. The second-order valence-corrected chi connectivity index (χ2v) is 6.29. The van der Waals surface area contributed by atoms with Crippen molar-refractivity contribution in [3.05, 3.63) is 70.7 Å². The molecule has 0 radical (unpaired) electrons. The maximum atomic E-state index is 12.0. The summed E-state index contributed by atoms with van der Waals surface area (Å²) in [6, 6.07) is 12.1. The predicted molar refractivity (Wildman–Crippen MR) is 101 cm³/mol. The zero-order valence-electron chi connectivity index (χ0n) is 14.2. The second kappa shape index (κ2) is 8.77. The minimum absolute atomic E-state index is 0.0150. The van der Waals surface area contributed by atoms with E-state index in [0.717, 1.165) is 11.8 Å². The Bertz CT molecular complexity index is 991. The van der Waals surface area contributed by atoms with Crippen LogP contribution in [0.1, 0.15) is 10.6 Å². The minimum Gasteiger partial charge on any atom is -0.459 e. The van der Waals surface area contributed by atoms with Crippen LogP contribution in [-0.4, -0.2) is 32.7 Å². The van der Waals surface area contributed by atoms with Crippen LogP contribution in [0.4, 0.5) is 17.2 Å². The number of hydrogen-bond acceptors (Lipinski definition) is 8. The SMILES string of the molecule is O=C(CSc1ccc(NC(=O)c2ccco2)nn1)Nc1ccccc1[N+](=O)[O-]. The maximum Gasteiger partial charge on any atom is 0.292 e. The van der Waals surface area contributed by atoms with E-state index in [9.17, 15) is 19.7 Å². The zero-order chi connectivity index (χ0) is 19.9. The third-order valence-electron chi connectivity index (χ3n) is 3.35. The van der Waals surface area contributed by atoms with Crippen LogP contribution < -0.4 is 10.6 Å². The summed E-state index contributed by atoms with van der Waals surface area (Å²) in [7, 11) is 0. The molecule has 0 fully saturated rings. The molecule has 0 bridgehead atoms. The van der Waals surface area contributed by atoms with Gasteiger partial charge in [0.25, 0.3) is 11.6 Å². The highest BCUT2D eigenvalue weighted by Crippen LogP contribution is 2.24. The van der Waals surface area contributed by atoms with E-state index in [2.05, 4.69) is 20.8 Å². The number of benzene rings is 1. The van der Waals surface area contributed by atoms with Crippen molar-refractivity contribution in [2.45, 2.75) is 5.03 Å². The average molecular weight is 399 g/mol. The van der Waals surface area contributed by atoms with Crippen molar-refractivity contribution < 1.29 is 18.9 Å². The molecule has 0 atom stereocenters. The Kier molecular flexibility index (Phi) is 5.97.